The van der Waals surface area contributed by atoms with Gasteiger partial charge in [-0.25, -0.2) is 0 Å². The van der Waals surface area contributed by atoms with E-state index in [0.717, 1.165) is 10.6 Å². The predicted octanol–water partition coefficient (Wildman–Crippen LogP) is 3.50. The molecule has 0 fully saturated rings. The van der Waals surface area contributed by atoms with Crippen LogP contribution in [0.1, 0.15) is 17.1 Å². The minimum atomic E-state index is -0.0566. The molecule has 3 N–H and O–H groups in total. The maximum Gasteiger partial charge on any atom is 0.221 e. The van der Waals surface area contributed by atoms with Crippen molar-refractivity contribution in [2.45, 2.75) is 17.1 Å². The number of carbonyl (C=O) groups is 1. The minimum absolute atomic E-state index is 0.0566. The summed E-state index contributed by atoms with van der Waals surface area (Å²) in [6, 6.07) is 12.0. The Morgan fingerprint density at radius 3 is 2.63 bits per heavy atom. The molecule has 1 aromatic carbocycles. The first-order valence-electron chi connectivity index (χ1n) is 5.97. The fourth-order valence-corrected chi connectivity index (χ4v) is 3.62. The van der Waals surface area contributed by atoms with Crippen LogP contribution >= 0.6 is 23.1 Å². The number of rotatable bonds is 5. The van der Waals surface area contributed by atoms with Gasteiger partial charge in [0, 0.05) is 28.9 Å². The highest BCUT2D eigenvalue weighted by molar-refractivity contribution is 7.99. The van der Waals surface area contributed by atoms with Crippen molar-refractivity contribution >= 4 is 34.7 Å². The van der Waals surface area contributed by atoms with Crippen molar-refractivity contribution in [3.05, 3.63) is 46.7 Å². The van der Waals surface area contributed by atoms with Crippen LogP contribution in [-0.4, -0.2) is 12.5 Å². The van der Waals surface area contributed by atoms with Crippen LogP contribution in [0.15, 0.2) is 46.7 Å². The maximum atomic E-state index is 10.9. The molecule has 0 spiro atoms. The van der Waals surface area contributed by atoms with Gasteiger partial charge in [0.15, 0.2) is 0 Å². The zero-order valence-electron chi connectivity index (χ0n) is 10.6. The molecule has 3 nitrogen and oxygen atoms in total. The molecule has 1 unspecified atom stereocenters. The van der Waals surface area contributed by atoms with Crippen molar-refractivity contribution in [3.8, 4) is 0 Å². The summed E-state index contributed by atoms with van der Waals surface area (Å²) in [5.74, 6) is -0.0566. The Morgan fingerprint density at radius 2 is 2.11 bits per heavy atom. The Balaban J connectivity index is 2.04. The molecule has 0 aliphatic carbocycles. The van der Waals surface area contributed by atoms with Crippen LogP contribution in [0.2, 0.25) is 0 Å². The molecule has 0 saturated heterocycles. The Hall–Kier alpha value is -1.30. The molecular weight excluding hydrogens is 276 g/mol. The standard InChI is InChI=1S/C14H16N2OS2/c1-10(17)16-11-4-6-12(7-5-11)19-14(9-15)13-3-2-8-18-13/h2-8,14H,9,15H2,1H3,(H,16,17). The highest BCUT2D eigenvalue weighted by Crippen LogP contribution is 2.36. The van der Waals surface area contributed by atoms with E-state index >= 15 is 0 Å². The average Bonchev–Trinajstić information content (AvgIpc) is 2.91. The SMILES string of the molecule is CC(=O)Nc1ccc(SC(CN)c2cccs2)cc1. The zero-order chi connectivity index (χ0) is 13.7. The molecule has 0 aliphatic rings. The number of amides is 1. The van der Waals surface area contributed by atoms with Gasteiger partial charge in [-0.15, -0.1) is 23.1 Å². The number of nitrogens with one attached hydrogen (secondary N) is 1. The number of carbonyl (C=O) groups excluding carboxylic acids is 1. The van der Waals surface area contributed by atoms with Gasteiger partial charge in [0.25, 0.3) is 0 Å². The number of nitrogens with two attached hydrogens (primary N) is 1. The quantitative estimate of drug-likeness (QED) is 0.829. The highest BCUT2D eigenvalue weighted by Gasteiger charge is 2.12. The molecule has 1 amide bonds. The summed E-state index contributed by atoms with van der Waals surface area (Å²) >= 11 is 3.48. The number of benzene rings is 1. The molecule has 0 radical (unpaired) electrons. The Labute approximate surface area is 121 Å². The van der Waals surface area contributed by atoms with Crippen LogP contribution in [0.25, 0.3) is 0 Å². The van der Waals surface area contributed by atoms with Gasteiger partial charge in [-0.1, -0.05) is 6.07 Å². The number of thiophene rings is 1. The number of hydrogen-bond donors (Lipinski definition) is 2. The number of anilines is 1. The normalized spacial score (nSPS) is 12.1. The van der Waals surface area contributed by atoms with E-state index in [-0.39, 0.29) is 11.2 Å². The Bertz CT molecular complexity index is 523. The van der Waals surface area contributed by atoms with Gasteiger partial charge in [-0.2, -0.15) is 0 Å². The molecule has 0 saturated carbocycles. The smallest absolute Gasteiger partial charge is 0.221 e. The number of hydrogen-bond acceptors (Lipinski definition) is 4. The monoisotopic (exact) mass is 292 g/mol. The third kappa shape index (κ3) is 4.09. The molecule has 5 heteroatoms. The molecule has 1 atom stereocenters. The second-order valence-electron chi connectivity index (χ2n) is 4.06. The van der Waals surface area contributed by atoms with E-state index in [1.54, 1.807) is 23.1 Å². The first-order valence-corrected chi connectivity index (χ1v) is 7.72. The fourth-order valence-electron chi connectivity index (χ4n) is 1.68. The van der Waals surface area contributed by atoms with E-state index in [1.807, 2.05) is 30.3 Å². The van der Waals surface area contributed by atoms with Crippen molar-refractivity contribution in [1.82, 2.24) is 0 Å². The van der Waals surface area contributed by atoms with E-state index < -0.39 is 0 Å². The summed E-state index contributed by atoms with van der Waals surface area (Å²) < 4.78 is 0. The summed E-state index contributed by atoms with van der Waals surface area (Å²) in [7, 11) is 0. The molecular formula is C14H16N2OS2. The van der Waals surface area contributed by atoms with E-state index in [9.17, 15) is 4.79 Å². The lowest BCUT2D eigenvalue weighted by atomic mass is 10.3. The minimum Gasteiger partial charge on any atom is -0.329 e. The van der Waals surface area contributed by atoms with E-state index in [4.69, 9.17) is 5.73 Å². The van der Waals surface area contributed by atoms with Crippen molar-refractivity contribution in [2.75, 3.05) is 11.9 Å². The van der Waals surface area contributed by atoms with Gasteiger partial charge >= 0.3 is 0 Å². The van der Waals surface area contributed by atoms with Crippen molar-refractivity contribution in [2.24, 2.45) is 5.73 Å². The first-order chi connectivity index (χ1) is 9.19. The second kappa shape index (κ2) is 6.75. The van der Waals surface area contributed by atoms with Gasteiger partial charge in [0.05, 0.1) is 5.25 Å². The van der Waals surface area contributed by atoms with Crippen LogP contribution < -0.4 is 11.1 Å². The predicted molar refractivity (Wildman–Crippen MR) is 82.7 cm³/mol. The largest absolute Gasteiger partial charge is 0.329 e. The maximum absolute atomic E-state index is 10.9. The summed E-state index contributed by atoms with van der Waals surface area (Å²) in [4.78, 5) is 13.4. The summed E-state index contributed by atoms with van der Waals surface area (Å²) in [6.07, 6.45) is 0. The van der Waals surface area contributed by atoms with Crippen LogP contribution in [0.3, 0.4) is 0 Å². The van der Waals surface area contributed by atoms with Gasteiger partial charge < -0.3 is 11.1 Å². The highest BCUT2D eigenvalue weighted by atomic mass is 32.2. The average molecular weight is 292 g/mol. The third-order valence-corrected chi connectivity index (χ3v) is 4.94. The van der Waals surface area contributed by atoms with E-state index in [2.05, 4.69) is 16.8 Å². The molecule has 19 heavy (non-hydrogen) atoms. The zero-order valence-corrected chi connectivity index (χ0v) is 12.3. The van der Waals surface area contributed by atoms with Gasteiger partial charge in [0.1, 0.15) is 0 Å². The van der Waals surface area contributed by atoms with Crippen LogP contribution in [-0.2, 0) is 4.79 Å². The van der Waals surface area contributed by atoms with Crippen molar-refractivity contribution in [3.63, 3.8) is 0 Å². The van der Waals surface area contributed by atoms with Gasteiger partial charge in [0.2, 0.25) is 5.91 Å². The van der Waals surface area contributed by atoms with E-state index in [0.29, 0.717) is 6.54 Å². The summed E-state index contributed by atoms with van der Waals surface area (Å²) in [5, 5.41) is 5.11. The number of thioether (sulfide) groups is 1. The molecule has 2 rings (SSSR count). The first kappa shape index (κ1) is 14.1. The van der Waals surface area contributed by atoms with Gasteiger partial charge in [-0.05, 0) is 35.7 Å². The topological polar surface area (TPSA) is 55.1 Å². The lowest BCUT2D eigenvalue weighted by molar-refractivity contribution is -0.114. The molecule has 1 heterocycles. The third-order valence-electron chi connectivity index (χ3n) is 2.53. The van der Waals surface area contributed by atoms with Crippen LogP contribution in [0.4, 0.5) is 5.69 Å². The van der Waals surface area contributed by atoms with Crippen molar-refractivity contribution < 1.29 is 4.79 Å². The lowest BCUT2D eigenvalue weighted by Crippen LogP contribution is -2.08. The van der Waals surface area contributed by atoms with E-state index in [1.165, 1.54) is 11.8 Å². The Morgan fingerprint density at radius 1 is 1.37 bits per heavy atom. The lowest BCUT2D eigenvalue weighted by Gasteiger charge is -2.13. The molecule has 0 aliphatic heterocycles. The van der Waals surface area contributed by atoms with Crippen molar-refractivity contribution in [1.29, 1.82) is 0 Å². The van der Waals surface area contributed by atoms with Crippen LogP contribution in [0.5, 0.6) is 0 Å². The van der Waals surface area contributed by atoms with Crippen LogP contribution in [0, 0.1) is 0 Å². The fraction of sp³-hybridized carbons (Fsp3) is 0.214. The second-order valence-corrected chi connectivity index (χ2v) is 6.32. The molecule has 0 bridgehead atoms. The molecule has 100 valence electrons. The summed E-state index contributed by atoms with van der Waals surface area (Å²) in [6.45, 7) is 2.11. The summed E-state index contributed by atoms with van der Waals surface area (Å²) in [5.41, 5.74) is 6.65. The van der Waals surface area contributed by atoms with Gasteiger partial charge in [-0.3, -0.25) is 4.79 Å². The molecule has 1 aromatic heterocycles. The molecule has 2 aromatic rings. The Kier molecular flexibility index (Phi) is 5.01.